The zero-order chi connectivity index (χ0) is 21.1. The number of methoxy groups -OCH3 is 1. The first kappa shape index (κ1) is 21.0. The van der Waals surface area contributed by atoms with E-state index in [-0.39, 0.29) is 23.3 Å². The van der Waals surface area contributed by atoms with Gasteiger partial charge in [-0.3, -0.25) is 9.59 Å². The topological polar surface area (TPSA) is 88.1 Å². The molecule has 3 saturated heterocycles. The first-order valence-corrected chi connectivity index (χ1v) is 11.0. The number of aliphatic carboxylic acids is 1. The third-order valence-corrected chi connectivity index (χ3v) is 7.25. The van der Waals surface area contributed by atoms with Gasteiger partial charge in [0.1, 0.15) is 0 Å². The van der Waals surface area contributed by atoms with Gasteiger partial charge in [-0.15, -0.1) is 0 Å². The number of carboxylic acids is 1. The number of hydrogen-bond acceptors (Lipinski definition) is 5. The number of carboxylic acid groups (broad SMARTS) is 1. The van der Waals surface area contributed by atoms with E-state index in [0.717, 1.165) is 19.6 Å². The molecule has 2 N–H and O–H groups in total. The standard InChI is InChI=1S/C23H32N2O5/c1-29-20-14-17(21(26)24-18-5-2-16(3-6-18)22(27)28)4-7-19(20)30-15-23-8-11-25(12-9-23)13-10-23/h4,7,14,16,18H,2-3,5-6,8-13,15H2,1H3,(H,24,26)(H,27,28). The van der Waals surface area contributed by atoms with E-state index < -0.39 is 5.97 Å². The first-order valence-electron chi connectivity index (χ1n) is 11.0. The fraction of sp³-hybridized carbons (Fsp3) is 0.652. The number of carbonyl (C=O) groups excluding carboxylic acids is 1. The van der Waals surface area contributed by atoms with Gasteiger partial charge in [-0.25, -0.2) is 0 Å². The van der Waals surface area contributed by atoms with E-state index in [0.29, 0.717) is 49.4 Å². The molecule has 0 spiro atoms. The predicted molar refractivity (Wildman–Crippen MR) is 112 cm³/mol. The Hall–Kier alpha value is -2.28. The van der Waals surface area contributed by atoms with Crippen LogP contribution < -0.4 is 14.8 Å². The molecule has 5 rings (SSSR count). The van der Waals surface area contributed by atoms with Crippen molar-refractivity contribution in [3.8, 4) is 11.5 Å². The summed E-state index contributed by atoms with van der Waals surface area (Å²) in [6.45, 7) is 4.17. The average Bonchev–Trinajstić information content (AvgIpc) is 2.79. The Morgan fingerprint density at radius 1 is 1.10 bits per heavy atom. The minimum absolute atomic E-state index is 0.0197. The number of benzene rings is 1. The van der Waals surface area contributed by atoms with Crippen LogP contribution in [0.5, 0.6) is 11.5 Å². The molecule has 4 aliphatic rings. The van der Waals surface area contributed by atoms with Gasteiger partial charge in [-0.2, -0.15) is 0 Å². The zero-order valence-corrected chi connectivity index (χ0v) is 17.7. The summed E-state index contributed by atoms with van der Waals surface area (Å²) in [6, 6.07) is 5.35. The molecule has 0 unspecified atom stereocenters. The molecule has 1 aromatic carbocycles. The second kappa shape index (κ2) is 8.84. The lowest BCUT2D eigenvalue weighted by Gasteiger charge is -2.48. The summed E-state index contributed by atoms with van der Waals surface area (Å²) >= 11 is 0. The van der Waals surface area contributed by atoms with E-state index >= 15 is 0 Å². The third-order valence-electron chi connectivity index (χ3n) is 7.25. The Kier molecular flexibility index (Phi) is 6.18. The van der Waals surface area contributed by atoms with E-state index in [9.17, 15) is 9.59 Å². The van der Waals surface area contributed by atoms with Crippen molar-refractivity contribution in [3.05, 3.63) is 23.8 Å². The van der Waals surface area contributed by atoms with E-state index in [1.54, 1.807) is 19.2 Å². The van der Waals surface area contributed by atoms with Crippen molar-refractivity contribution in [2.24, 2.45) is 11.3 Å². The predicted octanol–water partition coefficient (Wildman–Crippen LogP) is 2.93. The molecule has 2 bridgehead atoms. The number of fused-ring (bicyclic) bond motifs is 3. The van der Waals surface area contributed by atoms with Crippen molar-refractivity contribution in [2.45, 2.75) is 51.0 Å². The summed E-state index contributed by atoms with van der Waals surface area (Å²) in [5, 5.41) is 12.2. The SMILES string of the molecule is COc1cc(C(=O)NC2CCC(C(=O)O)CC2)ccc1OCC12CCN(CC1)CC2. The van der Waals surface area contributed by atoms with Crippen LogP contribution in [0, 0.1) is 11.3 Å². The number of carbonyl (C=O) groups is 2. The van der Waals surface area contributed by atoms with Gasteiger partial charge in [0, 0.05) is 17.0 Å². The van der Waals surface area contributed by atoms with Crippen LogP contribution in [0.3, 0.4) is 0 Å². The van der Waals surface area contributed by atoms with Crippen molar-refractivity contribution in [1.82, 2.24) is 10.2 Å². The number of piperidine rings is 3. The molecule has 1 saturated carbocycles. The molecule has 0 radical (unpaired) electrons. The minimum atomic E-state index is -0.738. The van der Waals surface area contributed by atoms with Crippen LogP contribution in [0.2, 0.25) is 0 Å². The van der Waals surface area contributed by atoms with Gasteiger partial charge in [0.05, 0.1) is 19.6 Å². The van der Waals surface area contributed by atoms with Crippen molar-refractivity contribution in [3.63, 3.8) is 0 Å². The van der Waals surface area contributed by atoms with Crippen LogP contribution in [-0.4, -0.2) is 61.3 Å². The number of hydrogen-bond donors (Lipinski definition) is 2. The number of nitrogens with zero attached hydrogens (tertiary/aromatic N) is 1. The van der Waals surface area contributed by atoms with E-state index in [4.69, 9.17) is 14.6 Å². The molecular formula is C23H32N2O5. The van der Waals surface area contributed by atoms with Gasteiger partial charge >= 0.3 is 5.97 Å². The third kappa shape index (κ3) is 4.56. The molecule has 7 heteroatoms. The van der Waals surface area contributed by atoms with Gasteiger partial charge in [-0.05, 0) is 82.8 Å². The van der Waals surface area contributed by atoms with Crippen LogP contribution in [-0.2, 0) is 4.79 Å². The molecule has 4 fully saturated rings. The van der Waals surface area contributed by atoms with E-state index in [1.807, 2.05) is 6.07 Å². The molecule has 3 heterocycles. The Balaban J connectivity index is 1.35. The number of amides is 1. The maximum atomic E-state index is 12.7. The molecule has 0 aromatic heterocycles. The molecule has 1 aromatic rings. The Morgan fingerprint density at radius 3 is 2.37 bits per heavy atom. The zero-order valence-electron chi connectivity index (χ0n) is 17.7. The van der Waals surface area contributed by atoms with Gasteiger partial charge in [0.15, 0.2) is 11.5 Å². The summed E-state index contributed by atoms with van der Waals surface area (Å²) in [5.41, 5.74) is 0.800. The summed E-state index contributed by atoms with van der Waals surface area (Å²) in [5.74, 6) is 0.0705. The van der Waals surface area contributed by atoms with Gasteiger partial charge in [0.25, 0.3) is 5.91 Å². The second-order valence-corrected chi connectivity index (χ2v) is 9.11. The summed E-state index contributed by atoms with van der Waals surface area (Å²) < 4.78 is 11.7. The average molecular weight is 417 g/mol. The van der Waals surface area contributed by atoms with Crippen LogP contribution >= 0.6 is 0 Å². The van der Waals surface area contributed by atoms with Crippen molar-refractivity contribution in [1.29, 1.82) is 0 Å². The highest BCUT2D eigenvalue weighted by atomic mass is 16.5. The smallest absolute Gasteiger partial charge is 0.306 e. The highest BCUT2D eigenvalue weighted by molar-refractivity contribution is 5.95. The normalized spacial score (nSPS) is 30.5. The van der Waals surface area contributed by atoms with Crippen LogP contribution in [0.4, 0.5) is 0 Å². The first-order chi connectivity index (χ1) is 14.5. The minimum Gasteiger partial charge on any atom is -0.493 e. The fourth-order valence-electron chi connectivity index (χ4n) is 5.03. The highest BCUT2D eigenvalue weighted by Crippen LogP contribution is 2.41. The number of nitrogens with one attached hydrogen (secondary N) is 1. The van der Waals surface area contributed by atoms with Crippen LogP contribution in [0.25, 0.3) is 0 Å². The number of ether oxygens (including phenoxy) is 2. The maximum Gasteiger partial charge on any atom is 0.306 e. The Labute approximate surface area is 177 Å². The van der Waals surface area contributed by atoms with Crippen molar-refractivity contribution < 1.29 is 24.2 Å². The molecule has 3 aliphatic heterocycles. The molecule has 0 atom stereocenters. The molecule has 1 amide bonds. The molecule has 164 valence electrons. The largest absolute Gasteiger partial charge is 0.493 e. The van der Waals surface area contributed by atoms with Gasteiger partial charge in [-0.1, -0.05) is 0 Å². The Bertz CT molecular complexity index is 766. The quantitative estimate of drug-likeness (QED) is 0.711. The lowest BCUT2D eigenvalue weighted by atomic mass is 9.73. The molecule has 7 nitrogen and oxygen atoms in total. The van der Waals surface area contributed by atoms with E-state index in [1.165, 1.54) is 19.3 Å². The van der Waals surface area contributed by atoms with Gasteiger partial charge in [0.2, 0.25) is 0 Å². The highest BCUT2D eigenvalue weighted by Gasteiger charge is 2.40. The van der Waals surface area contributed by atoms with Crippen molar-refractivity contribution >= 4 is 11.9 Å². The second-order valence-electron chi connectivity index (χ2n) is 9.11. The van der Waals surface area contributed by atoms with Crippen LogP contribution in [0.15, 0.2) is 18.2 Å². The lowest BCUT2D eigenvalue weighted by Crippen LogP contribution is -2.50. The number of rotatable bonds is 7. The Morgan fingerprint density at radius 2 is 1.77 bits per heavy atom. The van der Waals surface area contributed by atoms with Crippen LogP contribution in [0.1, 0.15) is 55.3 Å². The van der Waals surface area contributed by atoms with Crippen molar-refractivity contribution in [2.75, 3.05) is 33.4 Å². The summed E-state index contributed by atoms with van der Waals surface area (Å²) in [4.78, 5) is 26.3. The molecule has 30 heavy (non-hydrogen) atoms. The fourth-order valence-corrected chi connectivity index (χ4v) is 5.03. The molecular weight excluding hydrogens is 384 g/mol. The maximum absolute atomic E-state index is 12.7. The lowest BCUT2D eigenvalue weighted by molar-refractivity contribution is -0.142. The monoisotopic (exact) mass is 416 g/mol. The van der Waals surface area contributed by atoms with Gasteiger partial charge < -0.3 is 24.8 Å². The summed E-state index contributed by atoms with van der Waals surface area (Å²) in [7, 11) is 1.59. The van der Waals surface area contributed by atoms with E-state index in [2.05, 4.69) is 10.2 Å². The summed E-state index contributed by atoms with van der Waals surface area (Å²) in [6.07, 6.45) is 6.15. The molecule has 1 aliphatic carbocycles.